The van der Waals surface area contributed by atoms with Crippen molar-refractivity contribution in [3.63, 3.8) is 0 Å². The van der Waals surface area contributed by atoms with Crippen molar-refractivity contribution < 1.29 is 9.66 Å². The van der Waals surface area contributed by atoms with Gasteiger partial charge in [-0.05, 0) is 24.5 Å². The highest BCUT2D eigenvalue weighted by molar-refractivity contribution is 5.52. The van der Waals surface area contributed by atoms with Crippen LogP contribution in [0.2, 0.25) is 0 Å². The molecule has 96 valence electrons. The normalized spacial score (nSPS) is 11.6. The topological polar surface area (TPSA) is 76.2 Å². The Morgan fingerprint density at radius 2 is 2.28 bits per heavy atom. The molecule has 1 atom stereocenters. The van der Waals surface area contributed by atoms with Crippen LogP contribution in [-0.4, -0.2) is 11.5 Å². The Hall–Kier alpha value is -2.09. The highest BCUT2D eigenvalue weighted by atomic mass is 16.6. The molecule has 0 N–H and O–H groups in total. The van der Waals surface area contributed by atoms with Gasteiger partial charge in [0, 0.05) is 0 Å². The van der Waals surface area contributed by atoms with Crippen molar-refractivity contribution in [1.29, 1.82) is 5.26 Å². The molecule has 1 aromatic rings. The van der Waals surface area contributed by atoms with E-state index < -0.39 is 4.92 Å². The van der Waals surface area contributed by atoms with Gasteiger partial charge < -0.3 is 4.74 Å². The lowest BCUT2D eigenvalue weighted by Crippen LogP contribution is -2.08. The molecule has 18 heavy (non-hydrogen) atoms. The highest BCUT2D eigenvalue weighted by Gasteiger charge is 2.15. The van der Waals surface area contributed by atoms with Crippen LogP contribution in [-0.2, 0) is 0 Å². The molecule has 1 rings (SSSR count). The van der Waals surface area contributed by atoms with Gasteiger partial charge in [0.2, 0.25) is 0 Å². The quantitative estimate of drug-likeness (QED) is 0.571. The van der Waals surface area contributed by atoms with Gasteiger partial charge in [0.05, 0.1) is 17.6 Å². The van der Waals surface area contributed by atoms with E-state index in [-0.39, 0.29) is 11.3 Å². The van der Waals surface area contributed by atoms with Gasteiger partial charge in [-0.25, -0.2) is 0 Å². The molecule has 5 nitrogen and oxygen atoms in total. The smallest absolute Gasteiger partial charge is 0.290 e. The van der Waals surface area contributed by atoms with Gasteiger partial charge in [-0.1, -0.05) is 20.3 Å². The molecule has 0 aliphatic carbocycles. The van der Waals surface area contributed by atoms with Crippen LogP contribution in [0.1, 0.15) is 32.3 Å². The summed E-state index contributed by atoms with van der Waals surface area (Å²) in [7, 11) is 0. The Morgan fingerprint density at radius 3 is 2.83 bits per heavy atom. The fourth-order valence-electron chi connectivity index (χ4n) is 1.66. The van der Waals surface area contributed by atoms with E-state index in [1.165, 1.54) is 12.1 Å². The number of nitro benzene ring substituents is 1. The second-order valence-electron chi connectivity index (χ2n) is 4.25. The summed E-state index contributed by atoms with van der Waals surface area (Å²) in [5, 5.41) is 19.5. The first-order chi connectivity index (χ1) is 8.58. The van der Waals surface area contributed by atoms with E-state index in [1.807, 2.05) is 0 Å². The SMILES string of the molecule is CCCC(C)COc1ccc(C#N)c([N+](=O)[O-])c1. The number of nitrogens with zero attached hydrogens (tertiary/aromatic N) is 2. The van der Waals surface area contributed by atoms with Gasteiger partial charge in [-0.2, -0.15) is 5.26 Å². The molecule has 0 heterocycles. The Kier molecular flexibility index (Phi) is 5.12. The second-order valence-corrected chi connectivity index (χ2v) is 4.25. The maximum atomic E-state index is 10.8. The number of hydrogen-bond donors (Lipinski definition) is 0. The van der Waals surface area contributed by atoms with Crippen LogP contribution >= 0.6 is 0 Å². The summed E-state index contributed by atoms with van der Waals surface area (Å²) in [5.74, 6) is 0.841. The van der Waals surface area contributed by atoms with E-state index in [4.69, 9.17) is 10.00 Å². The summed E-state index contributed by atoms with van der Waals surface area (Å²) < 4.78 is 5.50. The third-order valence-electron chi connectivity index (χ3n) is 2.60. The van der Waals surface area contributed by atoms with Crippen molar-refractivity contribution in [1.82, 2.24) is 0 Å². The van der Waals surface area contributed by atoms with E-state index in [0.717, 1.165) is 12.8 Å². The van der Waals surface area contributed by atoms with Crippen LogP contribution in [0.3, 0.4) is 0 Å². The summed E-state index contributed by atoms with van der Waals surface area (Å²) in [6, 6.07) is 6.10. The van der Waals surface area contributed by atoms with E-state index >= 15 is 0 Å². The van der Waals surface area contributed by atoms with Crippen molar-refractivity contribution in [3.05, 3.63) is 33.9 Å². The maximum Gasteiger partial charge on any atom is 0.290 e. The molecule has 1 aromatic carbocycles. The molecule has 0 fully saturated rings. The molecule has 0 amide bonds. The molecule has 0 aliphatic heterocycles. The number of ether oxygens (including phenoxy) is 1. The minimum atomic E-state index is -0.569. The third kappa shape index (κ3) is 3.74. The lowest BCUT2D eigenvalue weighted by atomic mass is 10.1. The molecular weight excluding hydrogens is 232 g/mol. The number of nitriles is 1. The number of rotatable bonds is 6. The lowest BCUT2D eigenvalue weighted by Gasteiger charge is -2.11. The summed E-state index contributed by atoms with van der Waals surface area (Å²) in [6.07, 6.45) is 2.14. The first-order valence-corrected chi connectivity index (χ1v) is 5.89. The van der Waals surface area contributed by atoms with E-state index in [0.29, 0.717) is 18.3 Å². The average molecular weight is 248 g/mol. The molecule has 0 saturated heterocycles. The van der Waals surface area contributed by atoms with Crippen LogP contribution in [0.15, 0.2) is 18.2 Å². The van der Waals surface area contributed by atoms with Crippen LogP contribution in [0.5, 0.6) is 5.75 Å². The highest BCUT2D eigenvalue weighted by Crippen LogP contribution is 2.24. The number of benzene rings is 1. The van der Waals surface area contributed by atoms with E-state index in [9.17, 15) is 10.1 Å². The average Bonchev–Trinajstić information content (AvgIpc) is 2.36. The van der Waals surface area contributed by atoms with E-state index in [1.54, 1.807) is 12.1 Å². The van der Waals surface area contributed by atoms with Crippen LogP contribution < -0.4 is 4.74 Å². The van der Waals surface area contributed by atoms with Gasteiger partial charge in [-0.3, -0.25) is 10.1 Å². The third-order valence-corrected chi connectivity index (χ3v) is 2.60. The fraction of sp³-hybridized carbons (Fsp3) is 0.462. The van der Waals surface area contributed by atoms with Crippen LogP contribution in [0, 0.1) is 27.4 Å². The summed E-state index contributed by atoms with van der Waals surface area (Å²) in [5.41, 5.74) is -0.160. The molecule has 5 heteroatoms. The standard InChI is InChI=1S/C13H16N2O3/c1-3-4-10(2)9-18-12-6-5-11(8-14)13(7-12)15(16)17/h5-7,10H,3-4,9H2,1-2H3. The summed E-state index contributed by atoms with van der Waals surface area (Å²) in [6.45, 7) is 4.70. The summed E-state index contributed by atoms with van der Waals surface area (Å²) >= 11 is 0. The second kappa shape index (κ2) is 6.60. The monoisotopic (exact) mass is 248 g/mol. The van der Waals surface area contributed by atoms with Crippen LogP contribution in [0.4, 0.5) is 5.69 Å². The molecule has 0 aromatic heterocycles. The van der Waals surface area contributed by atoms with Gasteiger partial charge >= 0.3 is 0 Å². The number of hydrogen-bond acceptors (Lipinski definition) is 4. The summed E-state index contributed by atoms with van der Waals surface area (Å²) in [4.78, 5) is 10.2. The van der Waals surface area contributed by atoms with Crippen LogP contribution in [0.25, 0.3) is 0 Å². The van der Waals surface area contributed by atoms with Crippen molar-refractivity contribution in [2.24, 2.45) is 5.92 Å². The van der Waals surface area contributed by atoms with Crippen molar-refractivity contribution in [2.75, 3.05) is 6.61 Å². The Balaban J connectivity index is 2.77. The van der Waals surface area contributed by atoms with Gasteiger partial charge in [0.1, 0.15) is 17.4 Å². The predicted molar refractivity (Wildman–Crippen MR) is 67.4 cm³/mol. The maximum absolute atomic E-state index is 10.8. The zero-order valence-electron chi connectivity index (χ0n) is 10.5. The Morgan fingerprint density at radius 1 is 1.56 bits per heavy atom. The first-order valence-electron chi connectivity index (χ1n) is 5.89. The Labute approximate surface area is 106 Å². The first kappa shape index (κ1) is 14.0. The molecule has 0 saturated carbocycles. The minimum Gasteiger partial charge on any atom is -0.493 e. The molecule has 0 bridgehead atoms. The zero-order valence-corrected chi connectivity index (χ0v) is 10.5. The van der Waals surface area contributed by atoms with Gasteiger partial charge in [-0.15, -0.1) is 0 Å². The molecule has 0 radical (unpaired) electrons. The largest absolute Gasteiger partial charge is 0.493 e. The van der Waals surface area contributed by atoms with E-state index in [2.05, 4.69) is 13.8 Å². The molecule has 0 aliphatic rings. The zero-order chi connectivity index (χ0) is 13.5. The lowest BCUT2D eigenvalue weighted by molar-refractivity contribution is -0.385. The van der Waals surface area contributed by atoms with Gasteiger partial charge in [0.25, 0.3) is 5.69 Å². The van der Waals surface area contributed by atoms with Crippen molar-refractivity contribution in [3.8, 4) is 11.8 Å². The fourth-order valence-corrected chi connectivity index (χ4v) is 1.66. The molecule has 0 spiro atoms. The Bertz CT molecular complexity index is 466. The van der Waals surface area contributed by atoms with Crippen molar-refractivity contribution in [2.45, 2.75) is 26.7 Å². The van der Waals surface area contributed by atoms with Crippen molar-refractivity contribution >= 4 is 5.69 Å². The minimum absolute atomic E-state index is 0.0500. The van der Waals surface area contributed by atoms with Gasteiger partial charge in [0.15, 0.2) is 0 Å². The molecular formula is C13H16N2O3. The predicted octanol–water partition coefficient (Wildman–Crippen LogP) is 3.28. The number of nitro groups is 1. The molecule has 1 unspecified atom stereocenters.